The number of benzene rings is 2. The first kappa shape index (κ1) is 18.0. The van der Waals surface area contributed by atoms with Gasteiger partial charge < -0.3 is 4.74 Å². The monoisotopic (exact) mass is 450 g/mol. The van der Waals surface area contributed by atoms with Crippen LogP contribution in [0.4, 0.5) is 0 Å². The zero-order valence-electron chi connectivity index (χ0n) is 13.7. The molecule has 5 nitrogen and oxygen atoms in total. The fraction of sp³-hybridized carbons (Fsp3) is 0.263. The maximum Gasteiger partial charge on any atom is 0.259 e. The smallest absolute Gasteiger partial charge is 0.259 e. The van der Waals surface area contributed by atoms with Gasteiger partial charge in [-0.3, -0.25) is 18.0 Å². The van der Waals surface area contributed by atoms with Gasteiger partial charge in [0.05, 0.1) is 36.1 Å². The zero-order valence-corrected chi connectivity index (χ0v) is 15.9. The number of amides is 1. The van der Waals surface area contributed by atoms with E-state index in [1.807, 2.05) is 24.3 Å². The van der Waals surface area contributed by atoms with Gasteiger partial charge in [-0.25, -0.2) is 0 Å². The molecule has 1 aliphatic heterocycles. The Kier molecular flexibility index (Phi) is 6.17. The fourth-order valence-corrected chi connectivity index (χ4v) is 3.13. The number of morpholine rings is 1. The molecule has 0 aromatic heterocycles. The maximum absolute atomic E-state index is 12.7. The summed E-state index contributed by atoms with van der Waals surface area (Å²) in [6.07, 6.45) is 0. The van der Waals surface area contributed by atoms with Crippen LogP contribution in [0.2, 0.25) is 0 Å². The molecule has 0 unspecified atom stereocenters. The lowest BCUT2D eigenvalue weighted by Crippen LogP contribution is -2.35. The van der Waals surface area contributed by atoms with Crippen LogP contribution in [0.1, 0.15) is 31.8 Å². The van der Waals surface area contributed by atoms with Crippen molar-refractivity contribution in [1.82, 2.24) is 8.43 Å². The molecule has 0 radical (unpaired) electrons. The molecule has 6 heteroatoms. The highest BCUT2D eigenvalue weighted by molar-refractivity contribution is 14.1. The van der Waals surface area contributed by atoms with E-state index < -0.39 is 0 Å². The second kappa shape index (κ2) is 8.55. The second-order valence-electron chi connectivity index (χ2n) is 5.92. The van der Waals surface area contributed by atoms with Gasteiger partial charge >= 0.3 is 0 Å². The quantitative estimate of drug-likeness (QED) is 0.433. The third kappa shape index (κ3) is 4.65. The molecule has 0 bridgehead atoms. The zero-order chi connectivity index (χ0) is 17.6. The van der Waals surface area contributed by atoms with Crippen LogP contribution in [0, 0.1) is 0 Å². The Balaban J connectivity index is 1.73. The molecule has 2 aromatic rings. The predicted molar refractivity (Wildman–Crippen MR) is 104 cm³/mol. The summed E-state index contributed by atoms with van der Waals surface area (Å²) in [5.74, 6) is -0.211. The van der Waals surface area contributed by atoms with Crippen LogP contribution in [0.3, 0.4) is 0 Å². The molecule has 1 fully saturated rings. The molecular weight excluding hydrogens is 431 g/mol. The highest BCUT2D eigenvalue weighted by Crippen LogP contribution is 2.15. The number of ketones is 1. The molecule has 1 N–H and O–H groups in total. The largest absolute Gasteiger partial charge is 0.379 e. The van der Waals surface area contributed by atoms with Crippen molar-refractivity contribution < 1.29 is 14.3 Å². The summed E-state index contributed by atoms with van der Waals surface area (Å²) in [6, 6.07) is 14.5. The van der Waals surface area contributed by atoms with E-state index in [0.717, 1.165) is 38.4 Å². The van der Waals surface area contributed by atoms with E-state index in [1.165, 1.54) is 0 Å². The van der Waals surface area contributed by atoms with Crippen LogP contribution in [-0.4, -0.2) is 42.9 Å². The normalized spacial score (nSPS) is 14.9. The number of ether oxygens (including phenoxy) is 1. The maximum atomic E-state index is 12.7. The van der Waals surface area contributed by atoms with Crippen molar-refractivity contribution in [1.29, 1.82) is 0 Å². The van der Waals surface area contributed by atoms with Gasteiger partial charge in [0.15, 0.2) is 5.78 Å². The molecule has 3 rings (SSSR count). The second-order valence-corrected chi connectivity index (χ2v) is 6.46. The number of nitrogens with zero attached hydrogens (tertiary/aromatic N) is 1. The summed E-state index contributed by atoms with van der Waals surface area (Å²) >= 11 is 1.80. The summed E-state index contributed by atoms with van der Waals surface area (Å²) in [6.45, 7) is 4.17. The molecule has 1 aliphatic rings. The summed E-state index contributed by atoms with van der Waals surface area (Å²) < 4.78 is 7.91. The Hall–Kier alpha value is -1.77. The van der Waals surface area contributed by atoms with Crippen LogP contribution in [0.25, 0.3) is 0 Å². The third-order valence-electron chi connectivity index (χ3n) is 4.19. The number of nitrogens with one attached hydrogen (secondary N) is 1. The Bertz CT molecular complexity index is 756. The van der Waals surface area contributed by atoms with Gasteiger partial charge in [0.2, 0.25) is 0 Å². The lowest BCUT2D eigenvalue weighted by molar-refractivity contribution is 0.0342. The van der Waals surface area contributed by atoms with Crippen LogP contribution in [0.5, 0.6) is 0 Å². The average Bonchev–Trinajstić information content (AvgIpc) is 2.68. The van der Waals surface area contributed by atoms with E-state index in [9.17, 15) is 9.59 Å². The summed E-state index contributed by atoms with van der Waals surface area (Å²) in [5.41, 5.74) is 2.89. The molecule has 1 saturated heterocycles. The van der Waals surface area contributed by atoms with Gasteiger partial charge in [0.25, 0.3) is 5.91 Å². The molecule has 2 aromatic carbocycles. The minimum Gasteiger partial charge on any atom is -0.379 e. The molecule has 130 valence electrons. The number of carbonyl (C=O) groups excluding carboxylic acids is 2. The molecule has 0 aliphatic carbocycles. The Morgan fingerprint density at radius 3 is 2.36 bits per heavy atom. The highest BCUT2D eigenvalue weighted by Gasteiger charge is 2.14. The minimum absolute atomic E-state index is 0.0368. The van der Waals surface area contributed by atoms with Crippen molar-refractivity contribution in [2.24, 2.45) is 0 Å². The van der Waals surface area contributed by atoms with E-state index in [0.29, 0.717) is 16.7 Å². The Labute approximate surface area is 160 Å². The summed E-state index contributed by atoms with van der Waals surface area (Å²) in [7, 11) is 0. The molecule has 0 spiro atoms. The average molecular weight is 450 g/mol. The number of rotatable bonds is 5. The first-order valence-electron chi connectivity index (χ1n) is 8.12. The lowest BCUT2D eigenvalue weighted by atomic mass is 10.00. The van der Waals surface area contributed by atoms with Crippen molar-refractivity contribution in [3.63, 3.8) is 0 Å². The Morgan fingerprint density at radius 1 is 1.00 bits per heavy atom. The standard InChI is InChI=1S/C19H19IN2O3/c20-21-19(24)16-6-4-15(5-7-16)18(23)17-3-1-2-14(12-17)13-22-8-10-25-11-9-22/h1-7,12H,8-11,13H2,(H,21,24). The molecule has 25 heavy (non-hydrogen) atoms. The Morgan fingerprint density at radius 2 is 1.68 bits per heavy atom. The lowest BCUT2D eigenvalue weighted by Gasteiger charge is -2.26. The van der Waals surface area contributed by atoms with Gasteiger partial charge in [0.1, 0.15) is 0 Å². The molecule has 1 amide bonds. The van der Waals surface area contributed by atoms with Crippen LogP contribution in [-0.2, 0) is 11.3 Å². The van der Waals surface area contributed by atoms with E-state index in [-0.39, 0.29) is 11.7 Å². The van der Waals surface area contributed by atoms with Crippen LogP contribution in [0.15, 0.2) is 48.5 Å². The number of hydrogen-bond acceptors (Lipinski definition) is 4. The number of hydrogen-bond donors (Lipinski definition) is 1. The van der Waals surface area contributed by atoms with Crippen LogP contribution >= 0.6 is 22.9 Å². The van der Waals surface area contributed by atoms with E-state index in [2.05, 4.69) is 8.43 Å². The van der Waals surface area contributed by atoms with Gasteiger partial charge in [0, 0.05) is 36.3 Å². The summed E-state index contributed by atoms with van der Waals surface area (Å²) in [4.78, 5) is 26.6. The molecule has 0 saturated carbocycles. The van der Waals surface area contributed by atoms with Gasteiger partial charge in [-0.15, -0.1) is 0 Å². The van der Waals surface area contributed by atoms with E-state index >= 15 is 0 Å². The van der Waals surface area contributed by atoms with Crippen molar-refractivity contribution in [3.05, 3.63) is 70.8 Å². The fourth-order valence-electron chi connectivity index (χ4n) is 2.82. The number of halogens is 1. The van der Waals surface area contributed by atoms with E-state index in [1.54, 1.807) is 47.1 Å². The summed E-state index contributed by atoms with van der Waals surface area (Å²) in [5, 5.41) is 0. The molecule has 1 heterocycles. The van der Waals surface area contributed by atoms with Crippen LogP contribution < -0.4 is 3.53 Å². The molecule has 0 atom stereocenters. The SMILES string of the molecule is O=C(NI)c1ccc(C(=O)c2cccc(CN3CCOCC3)c2)cc1. The van der Waals surface area contributed by atoms with Gasteiger partial charge in [-0.05, 0) is 23.8 Å². The van der Waals surface area contributed by atoms with Crippen molar-refractivity contribution in [2.75, 3.05) is 26.3 Å². The van der Waals surface area contributed by atoms with Crippen molar-refractivity contribution >= 4 is 34.6 Å². The molecular formula is C19H19IN2O3. The highest BCUT2D eigenvalue weighted by atomic mass is 127. The minimum atomic E-state index is -0.174. The first-order valence-corrected chi connectivity index (χ1v) is 9.20. The predicted octanol–water partition coefficient (Wildman–Crippen LogP) is 2.83. The topological polar surface area (TPSA) is 58.6 Å². The van der Waals surface area contributed by atoms with E-state index in [4.69, 9.17) is 4.74 Å². The third-order valence-corrected chi connectivity index (χ3v) is 4.68. The van der Waals surface area contributed by atoms with Gasteiger partial charge in [-0.2, -0.15) is 0 Å². The van der Waals surface area contributed by atoms with Crippen molar-refractivity contribution in [3.8, 4) is 0 Å². The van der Waals surface area contributed by atoms with Crippen molar-refractivity contribution in [2.45, 2.75) is 6.54 Å². The first-order chi connectivity index (χ1) is 12.2. The van der Waals surface area contributed by atoms with Gasteiger partial charge in [-0.1, -0.05) is 30.3 Å². The number of carbonyl (C=O) groups is 2.